The summed E-state index contributed by atoms with van der Waals surface area (Å²) >= 11 is 1.75. The van der Waals surface area contributed by atoms with Crippen molar-refractivity contribution in [1.82, 2.24) is 10.6 Å². The van der Waals surface area contributed by atoms with Gasteiger partial charge in [0.1, 0.15) is 6.54 Å². The topological polar surface area (TPSA) is 65.5 Å². The van der Waals surface area contributed by atoms with Gasteiger partial charge in [-0.3, -0.25) is 4.79 Å². The van der Waals surface area contributed by atoms with E-state index in [0.717, 1.165) is 12.2 Å². The zero-order valence-corrected chi connectivity index (χ0v) is 14.2. The Morgan fingerprint density at radius 3 is 2.57 bits per heavy atom. The van der Waals surface area contributed by atoms with Crippen LogP contribution >= 0.6 is 11.3 Å². The SMILES string of the molecule is CCNC(=NCC(=O)Nc1ccccc1)NCc1ccc(C)s1. The van der Waals surface area contributed by atoms with E-state index >= 15 is 0 Å². The Morgan fingerprint density at radius 2 is 1.91 bits per heavy atom. The molecule has 0 aliphatic carbocycles. The fourth-order valence-corrected chi connectivity index (χ4v) is 2.80. The van der Waals surface area contributed by atoms with Crippen LogP contribution in [0.2, 0.25) is 0 Å². The molecule has 0 spiro atoms. The Hall–Kier alpha value is -2.34. The van der Waals surface area contributed by atoms with Gasteiger partial charge in [0.25, 0.3) is 0 Å². The highest BCUT2D eigenvalue weighted by atomic mass is 32.1. The van der Waals surface area contributed by atoms with Gasteiger partial charge in [-0.05, 0) is 38.1 Å². The molecule has 0 unspecified atom stereocenters. The van der Waals surface area contributed by atoms with Gasteiger partial charge in [-0.1, -0.05) is 18.2 Å². The summed E-state index contributed by atoms with van der Waals surface area (Å²) in [5.41, 5.74) is 0.778. The van der Waals surface area contributed by atoms with E-state index in [1.807, 2.05) is 37.3 Å². The van der Waals surface area contributed by atoms with Crippen LogP contribution < -0.4 is 16.0 Å². The largest absolute Gasteiger partial charge is 0.357 e. The Morgan fingerprint density at radius 1 is 1.13 bits per heavy atom. The van der Waals surface area contributed by atoms with Crippen LogP contribution in [0.5, 0.6) is 0 Å². The lowest BCUT2D eigenvalue weighted by molar-refractivity contribution is -0.114. The van der Waals surface area contributed by atoms with Gasteiger partial charge in [-0.25, -0.2) is 4.99 Å². The van der Waals surface area contributed by atoms with Gasteiger partial charge in [-0.2, -0.15) is 0 Å². The molecule has 0 atom stereocenters. The molecule has 1 heterocycles. The van der Waals surface area contributed by atoms with E-state index in [2.05, 4.69) is 40.0 Å². The number of aliphatic imine (C=N–C) groups is 1. The van der Waals surface area contributed by atoms with E-state index in [9.17, 15) is 4.79 Å². The minimum atomic E-state index is -0.139. The number of hydrogen-bond acceptors (Lipinski definition) is 3. The van der Waals surface area contributed by atoms with E-state index < -0.39 is 0 Å². The normalized spacial score (nSPS) is 11.1. The molecule has 0 saturated heterocycles. The summed E-state index contributed by atoms with van der Waals surface area (Å²) in [5, 5.41) is 9.20. The molecule has 6 heteroatoms. The van der Waals surface area contributed by atoms with E-state index in [0.29, 0.717) is 12.5 Å². The number of rotatable bonds is 6. The highest BCUT2D eigenvalue weighted by Crippen LogP contribution is 2.14. The van der Waals surface area contributed by atoms with Crippen molar-refractivity contribution in [3.63, 3.8) is 0 Å². The first-order valence-electron chi connectivity index (χ1n) is 7.59. The second-order valence-corrected chi connectivity index (χ2v) is 6.35. The summed E-state index contributed by atoms with van der Waals surface area (Å²) in [6.07, 6.45) is 0. The summed E-state index contributed by atoms with van der Waals surface area (Å²) in [6, 6.07) is 13.6. The number of benzene rings is 1. The van der Waals surface area contributed by atoms with Crippen molar-refractivity contribution in [2.24, 2.45) is 4.99 Å². The monoisotopic (exact) mass is 330 g/mol. The van der Waals surface area contributed by atoms with Crippen LogP contribution in [0.4, 0.5) is 5.69 Å². The molecule has 3 N–H and O–H groups in total. The quantitative estimate of drug-likeness (QED) is 0.564. The third kappa shape index (κ3) is 6.12. The fourth-order valence-electron chi connectivity index (χ4n) is 1.97. The molecule has 23 heavy (non-hydrogen) atoms. The first-order chi connectivity index (χ1) is 11.2. The van der Waals surface area contributed by atoms with Crippen LogP contribution in [0.25, 0.3) is 0 Å². The first kappa shape index (κ1) is 17.0. The Balaban J connectivity index is 1.86. The number of nitrogens with one attached hydrogen (secondary N) is 3. The molecule has 122 valence electrons. The molecule has 0 aliphatic rings. The minimum Gasteiger partial charge on any atom is -0.357 e. The van der Waals surface area contributed by atoms with Crippen molar-refractivity contribution in [3.05, 3.63) is 52.2 Å². The third-order valence-electron chi connectivity index (χ3n) is 3.01. The molecule has 1 aromatic carbocycles. The smallest absolute Gasteiger partial charge is 0.246 e. The van der Waals surface area contributed by atoms with Crippen LogP contribution in [-0.4, -0.2) is 25.0 Å². The number of thiophene rings is 1. The van der Waals surface area contributed by atoms with Crippen LogP contribution in [0.15, 0.2) is 47.5 Å². The van der Waals surface area contributed by atoms with Crippen LogP contribution in [0, 0.1) is 6.92 Å². The molecule has 0 radical (unpaired) electrons. The molecule has 2 aromatic rings. The summed E-state index contributed by atoms with van der Waals surface area (Å²) in [7, 11) is 0. The molecular weight excluding hydrogens is 308 g/mol. The van der Waals surface area contributed by atoms with Gasteiger partial charge in [-0.15, -0.1) is 11.3 Å². The number of amides is 1. The zero-order chi connectivity index (χ0) is 16.5. The number of carbonyl (C=O) groups is 1. The van der Waals surface area contributed by atoms with Crippen molar-refractivity contribution in [3.8, 4) is 0 Å². The van der Waals surface area contributed by atoms with E-state index in [4.69, 9.17) is 0 Å². The van der Waals surface area contributed by atoms with E-state index in [1.54, 1.807) is 11.3 Å². The lowest BCUT2D eigenvalue weighted by Crippen LogP contribution is -2.37. The Bertz CT molecular complexity index is 652. The number of para-hydroxylation sites is 1. The molecule has 0 fully saturated rings. The van der Waals surface area contributed by atoms with Gasteiger partial charge in [0, 0.05) is 22.0 Å². The van der Waals surface area contributed by atoms with Gasteiger partial charge < -0.3 is 16.0 Å². The maximum Gasteiger partial charge on any atom is 0.246 e. The van der Waals surface area contributed by atoms with Gasteiger partial charge in [0.05, 0.1) is 6.54 Å². The Kier molecular flexibility index (Phi) is 6.62. The second-order valence-electron chi connectivity index (χ2n) is 4.98. The van der Waals surface area contributed by atoms with Crippen LogP contribution in [0.1, 0.15) is 16.7 Å². The minimum absolute atomic E-state index is 0.0771. The van der Waals surface area contributed by atoms with Crippen molar-refractivity contribution >= 4 is 28.9 Å². The first-order valence-corrected chi connectivity index (χ1v) is 8.41. The second kappa shape index (κ2) is 8.95. The number of hydrogen-bond donors (Lipinski definition) is 3. The predicted molar refractivity (Wildman–Crippen MR) is 96.9 cm³/mol. The summed E-state index contributed by atoms with van der Waals surface area (Å²) in [5.74, 6) is 0.502. The predicted octanol–water partition coefficient (Wildman–Crippen LogP) is 2.75. The van der Waals surface area contributed by atoms with E-state index in [-0.39, 0.29) is 12.5 Å². The van der Waals surface area contributed by atoms with E-state index in [1.165, 1.54) is 9.75 Å². The average Bonchev–Trinajstić information content (AvgIpc) is 2.96. The molecule has 0 aliphatic heterocycles. The Labute approximate surface area is 140 Å². The highest BCUT2D eigenvalue weighted by Gasteiger charge is 2.03. The standard InChI is InChI=1S/C17H22N4OS/c1-3-18-17(19-11-15-10-9-13(2)23-15)20-12-16(22)21-14-7-5-4-6-8-14/h4-10H,3,11-12H2,1-2H3,(H,21,22)(H2,18,19,20). The number of anilines is 1. The van der Waals surface area contributed by atoms with Crippen molar-refractivity contribution in [2.45, 2.75) is 20.4 Å². The van der Waals surface area contributed by atoms with Crippen molar-refractivity contribution < 1.29 is 4.79 Å². The molecule has 0 saturated carbocycles. The molecule has 1 amide bonds. The van der Waals surface area contributed by atoms with Crippen LogP contribution in [0.3, 0.4) is 0 Å². The van der Waals surface area contributed by atoms with Crippen LogP contribution in [-0.2, 0) is 11.3 Å². The van der Waals surface area contributed by atoms with Gasteiger partial charge in [0.2, 0.25) is 5.91 Å². The van der Waals surface area contributed by atoms with Crippen molar-refractivity contribution in [1.29, 1.82) is 0 Å². The van der Waals surface area contributed by atoms with Gasteiger partial charge >= 0.3 is 0 Å². The maximum absolute atomic E-state index is 11.9. The molecular formula is C17H22N4OS. The summed E-state index contributed by atoms with van der Waals surface area (Å²) in [6.45, 7) is 5.60. The number of aryl methyl sites for hydroxylation is 1. The van der Waals surface area contributed by atoms with Gasteiger partial charge in [0.15, 0.2) is 5.96 Å². The number of guanidine groups is 1. The lowest BCUT2D eigenvalue weighted by Gasteiger charge is -2.10. The number of carbonyl (C=O) groups excluding carboxylic acids is 1. The summed E-state index contributed by atoms with van der Waals surface area (Å²) in [4.78, 5) is 18.8. The maximum atomic E-state index is 11.9. The molecule has 0 bridgehead atoms. The molecule has 5 nitrogen and oxygen atoms in total. The molecule has 2 rings (SSSR count). The number of nitrogens with zero attached hydrogens (tertiary/aromatic N) is 1. The molecule has 1 aromatic heterocycles. The lowest BCUT2D eigenvalue weighted by atomic mass is 10.3. The summed E-state index contributed by atoms with van der Waals surface area (Å²) < 4.78 is 0. The van der Waals surface area contributed by atoms with Crippen molar-refractivity contribution in [2.75, 3.05) is 18.4 Å². The highest BCUT2D eigenvalue weighted by molar-refractivity contribution is 7.11. The zero-order valence-electron chi connectivity index (χ0n) is 13.4. The third-order valence-corrected chi connectivity index (χ3v) is 4.01. The average molecular weight is 330 g/mol. The fraction of sp³-hybridized carbons (Fsp3) is 0.294.